The fourth-order valence-corrected chi connectivity index (χ4v) is 1.27. The third-order valence-electron chi connectivity index (χ3n) is 1.78. The molecule has 0 saturated heterocycles. The third-order valence-corrected chi connectivity index (χ3v) is 1.78. The van der Waals surface area contributed by atoms with Crippen LogP contribution in [0.15, 0.2) is 4.52 Å². The van der Waals surface area contributed by atoms with Crippen LogP contribution in [-0.2, 0) is 12.8 Å². The largest absolute Gasteiger partial charge is 0.339 e. The smallest absolute Gasteiger partial charge is 0.226 e. The normalized spacial score (nSPS) is 12.4. The first kappa shape index (κ1) is 11.2. The summed E-state index contributed by atoms with van der Waals surface area (Å²) in [5.74, 6) is 2.16. The Balaban J connectivity index is 2.60. The molecule has 0 aromatic carbocycles. The lowest BCUT2D eigenvalue weighted by Gasteiger charge is -2.14. The van der Waals surface area contributed by atoms with Crippen molar-refractivity contribution in [3.05, 3.63) is 11.7 Å². The molecular weight excluding hydrogens is 176 g/mol. The Morgan fingerprint density at radius 3 is 2.43 bits per heavy atom. The second kappa shape index (κ2) is 4.11. The van der Waals surface area contributed by atoms with Crippen molar-refractivity contribution in [3.63, 3.8) is 0 Å². The highest BCUT2D eigenvalue weighted by Gasteiger charge is 2.16. The van der Waals surface area contributed by atoms with Gasteiger partial charge in [-0.15, -0.1) is 0 Å². The predicted octanol–water partition coefficient (Wildman–Crippen LogP) is 2.86. The molecule has 3 nitrogen and oxygen atoms in total. The van der Waals surface area contributed by atoms with E-state index >= 15 is 0 Å². The van der Waals surface area contributed by atoms with Crippen LogP contribution in [0.3, 0.4) is 0 Å². The second-order valence-corrected chi connectivity index (χ2v) is 5.44. The van der Waals surface area contributed by atoms with Crippen LogP contribution >= 0.6 is 0 Å². The Morgan fingerprint density at radius 2 is 1.93 bits per heavy atom. The van der Waals surface area contributed by atoms with Crippen LogP contribution in [0.1, 0.15) is 46.3 Å². The molecule has 0 spiro atoms. The Labute approximate surface area is 85.9 Å². The monoisotopic (exact) mass is 196 g/mol. The molecule has 0 bridgehead atoms. The van der Waals surface area contributed by atoms with Gasteiger partial charge in [0.05, 0.1) is 0 Å². The Bertz CT molecular complexity index is 284. The van der Waals surface area contributed by atoms with Gasteiger partial charge >= 0.3 is 0 Å². The van der Waals surface area contributed by atoms with Crippen LogP contribution in [0.2, 0.25) is 0 Å². The standard InChI is InChI=1S/C11H20N2O/c1-8(2)6-10-12-9(13-14-10)7-11(3,4)5/h8H,6-7H2,1-5H3. The molecular formula is C11H20N2O. The fraction of sp³-hybridized carbons (Fsp3) is 0.818. The van der Waals surface area contributed by atoms with Gasteiger partial charge in [0.1, 0.15) is 0 Å². The molecule has 0 radical (unpaired) electrons. The van der Waals surface area contributed by atoms with Gasteiger partial charge in [0, 0.05) is 12.8 Å². The summed E-state index contributed by atoms with van der Waals surface area (Å²) >= 11 is 0. The van der Waals surface area contributed by atoms with Crippen molar-refractivity contribution in [1.29, 1.82) is 0 Å². The summed E-state index contributed by atoms with van der Waals surface area (Å²) in [6.07, 6.45) is 1.74. The molecule has 1 aromatic heterocycles. The third kappa shape index (κ3) is 3.90. The number of aromatic nitrogens is 2. The number of hydrogen-bond acceptors (Lipinski definition) is 3. The summed E-state index contributed by atoms with van der Waals surface area (Å²) in [5, 5.41) is 3.97. The molecule has 0 aliphatic heterocycles. The van der Waals surface area contributed by atoms with E-state index in [1.807, 2.05) is 0 Å². The minimum atomic E-state index is 0.221. The molecule has 0 aliphatic rings. The molecule has 0 aliphatic carbocycles. The van der Waals surface area contributed by atoms with Gasteiger partial charge in [-0.3, -0.25) is 0 Å². The summed E-state index contributed by atoms with van der Waals surface area (Å²) in [5.41, 5.74) is 0.221. The van der Waals surface area contributed by atoms with Crippen molar-refractivity contribution < 1.29 is 4.52 Å². The maximum Gasteiger partial charge on any atom is 0.226 e. The van der Waals surface area contributed by atoms with Crippen LogP contribution < -0.4 is 0 Å². The summed E-state index contributed by atoms with van der Waals surface area (Å²) in [7, 11) is 0. The Hall–Kier alpha value is -0.860. The van der Waals surface area contributed by atoms with E-state index in [2.05, 4.69) is 44.8 Å². The van der Waals surface area contributed by atoms with E-state index in [0.29, 0.717) is 5.92 Å². The molecule has 80 valence electrons. The maximum absolute atomic E-state index is 5.16. The molecule has 0 amide bonds. The number of nitrogens with zero attached hydrogens (tertiary/aromatic N) is 2. The van der Waals surface area contributed by atoms with E-state index in [1.54, 1.807) is 0 Å². The second-order valence-electron chi connectivity index (χ2n) is 5.44. The first-order valence-corrected chi connectivity index (χ1v) is 5.18. The van der Waals surface area contributed by atoms with Gasteiger partial charge in [-0.05, 0) is 11.3 Å². The van der Waals surface area contributed by atoms with Crippen LogP contribution in [-0.4, -0.2) is 10.1 Å². The molecule has 1 heterocycles. The van der Waals surface area contributed by atoms with Crippen LogP contribution in [0.25, 0.3) is 0 Å². The first-order chi connectivity index (χ1) is 6.37. The molecule has 0 fully saturated rings. The van der Waals surface area contributed by atoms with Gasteiger partial charge in [-0.1, -0.05) is 39.8 Å². The van der Waals surface area contributed by atoms with Crippen LogP contribution in [0, 0.1) is 11.3 Å². The summed E-state index contributed by atoms with van der Waals surface area (Å²) in [6, 6.07) is 0. The minimum Gasteiger partial charge on any atom is -0.339 e. The van der Waals surface area contributed by atoms with E-state index in [4.69, 9.17) is 4.52 Å². The van der Waals surface area contributed by atoms with E-state index in [1.165, 1.54) is 0 Å². The van der Waals surface area contributed by atoms with Gasteiger partial charge in [0.15, 0.2) is 5.82 Å². The van der Waals surface area contributed by atoms with Crippen molar-refractivity contribution >= 4 is 0 Å². The maximum atomic E-state index is 5.16. The number of rotatable bonds is 3. The highest BCUT2D eigenvalue weighted by atomic mass is 16.5. The summed E-state index contributed by atoms with van der Waals surface area (Å²) in [4.78, 5) is 4.36. The number of hydrogen-bond donors (Lipinski definition) is 0. The van der Waals surface area contributed by atoms with Gasteiger partial charge in [0.25, 0.3) is 0 Å². The van der Waals surface area contributed by atoms with E-state index in [9.17, 15) is 0 Å². The predicted molar refractivity (Wildman–Crippen MR) is 56.0 cm³/mol. The topological polar surface area (TPSA) is 38.9 Å². The van der Waals surface area contributed by atoms with Crippen molar-refractivity contribution in [1.82, 2.24) is 10.1 Å². The van der Waals surface area contributed by atoms with Crippen LogP contribution in [0.5, 0.6) is 0 Å². The lowest BCUT2D eigenvalue weighted by Crippen LogP contribution is -2.10. The highest BCUT2D eigenvalue weighted by Crippen LogP contribution is 2.18. The lowest BCUT2D eigenvalue weighted by atomic mass is 9.92. The summed E-state index contributed by atoms with van der Waals surface area (Å²) in [6.45, 7) is 10.8. The zero-order valence-electron chi connectivity index (χ0n) is 9.79. The highest BCUT2D eigenvalue weighted by molar-refractivity contribution is 4.90. The van der Waals surface area contributed by atoms with E-state index in [-0.39, 0.29) is 5.41 Å². The van der Waals surface area contributed by atoms with Gasteiger partial charge in [-0.25, -0.2) is 0 Å². The molecule has 3 heteroatoms. The Kier molecular flexibility index (Phi) is 3.29. The molecule has 14 heavy (non-hydrogen) atoms. The van der Waals surface area contributed by atoms with Crippen molar-refractivity contribution in [2.75, 3.05) is 0 Å². The van der Waals surface area contributed by atoms with Gasteiger partial charge < -0.3 is 4.52 Å². The SMILES string of the molecule is CC(C)Cc1nc(CC(C)(C)C)no1. The quantitative estimate of drug-likeness (QED) is 0.746. The van der Waals surface area contributed by atoms with Crippen molar-refractivity contribution in [2.24, 2.45) is 11.3 Å². The average molecular weight is 196 g/mol. The Morgan fingerprint density at radius 1 is 1.29 bits per heavy atom. The molecule has 0 unspecified atom stereocenters. The van der Waals surface area contributed by atoms with Crippen molar-refractivity contribution in [2.45, 2.75) is 47.5 Å². The first-order valence-electron chi connectivity index (χ1n) is 5.18. The fourth-order valence-electron chi connectivity index (χ4n) is 1.27. The van der Waals surface area contributed by atoms with E-state index in [0.717, 1.165) is 24.6 Å². The molecule has 0 saturated carbocycles. The summed E-state index contributed by atoms with van der Waals surface area (Å²) < 4.78 is 5.16. The molecule has 0 N–H and O–H groups in total. The molecule has 0 atom stereocenters. The molecule has 1 rings (SSSR count). The van der Waals surface area contributed by atoms with Gasteiger partial charge in [-0.2, -0.15) is 4.98 Å². The van der Waals surface area contributed by atoms with Gasteiger partial charge in [0.2, 0.25) is 5.89 Å². The minimum absolute atomic E-state index is 0.221. The van der Waals surface area contributed by atoms with E-state index < -0.39 is 0 Å². The zero-order valence-corrected chi connectivity index (χ0v) is 9.79. The van der Waals surface area contributed by atoms with Crippen LogP contribution in [0.4, 0.5) is 0 Å². The average Bonchev–Trinajstić information content (AvgIpc) is 2.30. The molecule has 1 aromatic rings. The van der Waals surface area contributed by atoms with Crippen molar-refractivity contribution in [3.8, 4) is 0 Å². The lowest BCUT2D eigenvalue weighted by molar-refractivity contribution is 0.346. The zero-order chi connectivity index (χ0) is 10.8.